The van der Waals surface area contributed by atoms with Crippen LogP contribution in [0.15, 0.2) is 12.7 Å². The second-order valence-electron chi connectivity index (χ2n) is 7.93. The zero-order chi connectivity index (χ0) is 47.7. The predicted octanol–water partition coefficient (Wildman–Crippen LogP) is 3.72. The molecule has 0 bridgehead atoms. The molecule has 0 aliphatic heterocycles. The second-order valence-corrected chi connectivity index (χ2v) is 23.2. The summed E-state index contributed by atoms with van der Waals surface area (Å²) in [4.78, 5) is 0. The lowest BCUT2D eigenvalue weighted by Gasteiger charge is -2.14. The van der Waals surface area contributed by atoms with Gasteiger partial charge in [0, 0.05) is 13.8 Å². The molecule has 44 heteroatoms. The van der Waals surface area contributed by atoms with Gasteiger partial charge in [0.15, 0.2) is 0 Å². The Bertz CT molecular complexity index is 2120. The largest absolute Gasteiger partial charge is 0.459 e. The zero-order valence-electron chi connectivity index (χ0n) is 29.3. The van der Waals surface area contributed by atoms with Crippen molar-refractivity contribution in [2.75, 3.05) is 46.8 Å². The van der Waals surface area contributed by atoms with Crippen molar-refractivity contribution in [1.82, 2.24) is 22.5 Å². The van der Waals surface area contributed by atoms with Gasteiger partial charge in [-0.05, 0) is 20.8 Å². The molecule has 0 heterocycles. The third-order valence-corrected chi connectivity index (χ3v) is 15.7. The smallest absolute Gasteiger partial charge is 0.320 e. The molecule has 0 aliphatic rings. The van der Waals surface area contributed by atoms with Gasteiger partial charge in [0.1, 0.15) is 6.61 Å². The van der Waals surface area contributed by atoms with E-state index in [1.165, 1.54) is 25.3 Å². The molecular weight excluding hydrogens is 1040 g/mol. The minimum atomic E-state index is -5.39. The first-order chi connectivity index (χ1) is 25.4. The number of hydrogen-bond acceptors (Lipinski definition) is 21. The zero-order valence-corrected chi connectivity index (χ0v) is 37.8. The fraction of sp³-hybridized carbons (Fsp3) is 0.714. The highest BCUT2D eigenvalue weighted by Gasteiger charge is 2.31. The maximum Gasteiger partial charge on any atom is 0.459 e. The first-order valence-electron chi connectivity index (χ1n) is 13.0. The molecule has 0 aromatic rings. The van der Waals surface area contributed by atoms with Crippen LogP contribution in [0.5, 0.6) is 0 Å². The van der Waals surface area contributed by atoms with Crippen molar-refractivity contribution >= 4 is 90.8 Å². The lowest BCUT2D eigenvalue weighted by Crippen LogP contribution is -2.19. The predicted molar refractivity (Wildman–Crippen MR) is 186 cm³/mol. The molecule has 0 amide bonds. The Morgan fingerprint density at radius 3 is 1.09 bits per heavy atom. The minimum Gasteiger partial charge on any atom is -0.320 e. The molecule has 0 aliphatic carbocycles. The average molecular weight is 1080 g/mol. The van der Waals surface area contributed by atoms with Crippen molar-refractivity contribution in [3.8, 4) is 12.3 Å². The molecule has 58 heavy (non-hydrogen) atoms. The van der Waals surface area contributed by atoms with Crippen molar-refractivity contribution in [2.45, 2.75) is 20.8 Å². The Balaban J connectivity index is -0.000000202. The van der Waals surface area contributed by atoms with E-state index in [1.54, 1.807) is 5.92 Å². The van der Waals surface area contributed by atoms with Crippen LogP contribution in [0.3, 0.4) is 0 Å². The molecule has 5 N–H and O–H groups in total. The third kappa shape index (κ3) is 55.2. The summed E-state index contributed by atoms with van der Waals surface area (Å²) in [6.07, 6.45) is 5.59. The first-order valence-corrected chi connectivity index (χ1v) is 28.1. The molecular formula is C14H34F8N5O21P5S5. The molecule has 0 radical (unpaired) electrons. The molecule has 0 aromatic heterocycles. The van der Waals surface area contributed by atoms with Crippen LogP contribution in [0.2, 0.25) is 0 Å². The van der Waals surface area contributed by atoms with Gasteiger partial charge in [0.2, 0.25) is 0 Å². The van der Waals surface area contributed by atoms with Crippen LogP contribution in [0.25, 0.3) is 0 Å². The summed E-state index contributed by atoms with van der Waals surface area (Å²) in [6.45, 7) is 6.59. The molecule has 0 fully saturated rings. The van der Waals surface area contributed by atoms with Crippen LogP contribution in [0, 0.1) is 12.3 Å². The Labute approximate surface area is 328 Å². The van der Waals surface area contributed by atoms with E-state index in [0.717, 1.165) is 24.3 Å². The van der Waals surface area contributed by atoms with Gasteiger partial charge in [-0.3, -0.25) is 27.2 Å². The Morgan fingerprint density at radius 1 is 0.569 bits per heavy atom. The molecule has 0 saturated carbocycles. The van der Waals surface area contributed by atoms with E-state index in [4.69, 9.17) is 0 Å². The molecule has 352 valence electrons. The van der Waals surface area contributed by atoms with Crippen LogP contribution >= 0.6 is 38.8 Å². The summed E-state index contributed by atoms with van der Waals surface area (Å²) >= 11 is 0. The van der Waals surface area contributed by atoms with Crippen molar-refractivity contribution in [1.29, 1.82) is 0 Å². The highest BCUT2D eigenvalue weighted by molar-refractivity contribution is 7.92. The normalized spacial score (nSPS) is 16.3. The summed E-state index contributed by atoms with van der Waals surface area (Å²) in [5.74, 6) is 1.72. The Kier molecular flexibility index (Phi) is 32.8. The number of halogens is 8. The Hall–Kier alpha value is -0.800. The van der Waals surface area contributed by atoms with E-state index in [-0.39, 0.29) is 19.8 Å². The van der Waals surface area contributed by atoms with Crippen LogP contribution in [-0.4, -0.2) is 88.9 Å². The average Bonchev–Trinajstić information content (AvgIpc) is 2.90. The maximum absolute atomic E-state index is 12.3. The standard InChI is InChI=1S/C4H11FNO5PS.C3H6F2NO4PS.C3H4F2NO4PS.C2H6F2NO4PS.C2H7FNO4PS/c1-3-10-12(7,11-4-2)6-13(5,8)9;2*1-2-3-10-11(4,7)6-12(5,8)9;1-2-9-10(3,6)5-11(4,7)8;1-8-9(2,5)4-10(3,6)7/h3-4H2,1-2H3,(H,6,7);2H,1,3H2,(H,6,7);1H,3H2,(H,6,7);2H2,1H3,(H,5,6);1-2H3,(H,4,5). The van der Waals surface area contributed by atoms with Gasteiger partial charge in [0.25, 0.3) is 7.52 Å². The molecule has 0 spiro atoms. The van der Waals surface area contributed by atoms with Gasteiger partial charge in [0.05, 0.1) is 26.4 Å². The van der Waals surface area contributed by atoms with Crippen LogP contribution < -0.4 is 22.5 Å². The van der Waals surface area contributed by atoms with Gasteiger partial charge in [-0.15, -0.1) is 30.1 Å². The lowest BCUT2D eigenvalue weighted by atomic mass is 10.7. The van der Waals surface area contributed by atoms with Gasteiger partial charge in [-0.1, -0.05) is 49.4 Å². The number of rotatable bonds is 22. The quantitative estimate of drug-likeness (QED) is 0.0339. The fourth-order valence-electron chi connectivity index (χ4n) is 1.70. The topological polar surface area (TPSA) is 372 Å². The van der Waals surface area contributed by atoms with Gasteiger partial charge < -0.3 is 4.52 Å². The van der Waals surface area contributed by atoms with Crippen molar-refractivity contribution in [2.24, 2.45) is 0 Å². The minimum absolute atomic E-state index is 0.0558. The van der Waals surface area contributed by atoms with E-state index < -0.39 is 104 Å². The maximum atomic E-state index is 12.3. The van der Waals surface area contributed by atoms with Crippen molar-refractivity contribution in [3.05, 3.63) is 12.7 Å². The van der Waals surface area contributed by atoms with Gasteiger partial charge in [-0.25, -0.2) is 18.3 Å². The first kappa shape index (κ1) is 66.3. The molecule has 0 rings (SSSR count). The number of hydrogen-bond donors (Lipinski definition) is 5. The molecule has 0 saturated heterocycles. The van der Waals surface area contributed by atoms with Crippen LogP contribution in [0.4, 0.5) is 32.0 Å². The summed E-state index contributed by atoms with van der Waals surface area (Å²) in [5, 5.41) is 0. The summed E-state index contributed by atoms with van der Waals surface area (Å²) in [6, 6.07) is 0. The molecule has 0 aromatic carbocycles. The van der Waals surface area contributed by atoms with E-state index in [0.29, 0.717) is 13.5 Å². The highest BCUT2D eigenvalue weighted by atomic mass is 32.3. The van der Waals surface area contributed by atoms with Gasteiger partial charge in [-0.2, -0.15) is 42.1 Å². The van der Waals surface area contributed by atoms with Crippen LogP contribution in [-0.2, 0) is 102 Å². The molecule has 26 nitrogen and oxygen atoms in total. The summed E-state index contributed by atoms with van der Waals surface area (Å²) in [5.41, 5.74) is 0. The van der Waals surface area contributed by atoms with E-state index in [2.05, 4.69) is 40.1 Å². The van der Waals surface area contributed by atoms with Gasteiger partial charge >= 0.3 is 83.3 Å². The van der Waals surface area contributed by atoms with Crippen LogP contribution in [0.1, 0.15) is 20.8 Å². The summed E-state index contributed by atoms with van der Waals surface area (Å²) < 4.78 is 274. The van der Waals surface area contributed by atoms with E-state index >= 15 is 0 Å². The number of terminal acetylenes is 1. The second kappa shape index (κ2) is 28.7. The van der Waals surface area contributed by atoms with E-state index in [1.807, 2.05) is 0 Å². The summed E-state index contributed by atoms with van der Waals surface area (Å²) in [7, 11) is -48.0. The lowest BCUT2D eigenvalue weighted by molar-refractivity contribution is 0.216. The number of nitrogens with one attached hydrogen (secondary N) is 5. The fourth-order valence-corrected chi connectivity index (χ4v) is 10.5. The van der Waals surface area contributed by atoms with E-state index in [9.17, 15) is 96.9 Å². The SMILES string of the molecule is C#CCOP(=O)(F)NS(=O)(=O)F.C=CCOP(=O)(F)NS(=O)(=O)F.CCOP(=O)(F)NS(=O)(=O)F.CCOP(=O)(NS(=O)(=O)F)OCC.COP(C)(=O)NS(=O)(=O)F. The third-order valence-electron chi connectivity index (χ3n) is 3.06. The monoisotopic (exact) mass is 1070 g/mol. The molecule has 4 unspecified atom stereocenters. The Morgan fingerprint density at radius 2 is 0.862 bits per heavy atom. The molecule has 4 atom stereocenters. The van der Waals surface area contributed by atoms with Crippen molar-refractivity contribution < 1.29 is 124 Å². The highest BCUT2D eigenvalue weighted by Crippen LogP contribution is 2.46. The van der Waals surface area contributed by atoms with Crippen molar-refractivity contribution in [3.63, 3.8) is 0 Å².